The van der Waals surface area contributed by atoms with E-state index in [1.54, 1.807) is 7.85 Å². The zero-order chi connectivity index (χ0) is 6.65. The van der Waals surface area contributed by atoms with Gasteiger partial charge in [-0.25, -0.2) is 4.39 Å². The molecule has 1 aliphatic heterocycles. The summed E-state index contributed by atoms with van der Waals surface area (Å²) in [5, 5.41) is 9.21. The smallest absolute Gasteiger partial charge is 0.149 e. The molecule has 9 heavy (non-hydrogen) atoms. The molecule has 0 aromatic carbocycles. The molecule has 0 aromatic rings. The van der Waals surface area contributed by atoms with E-state index in [9.17, 15) is 9.50 Å². The second kappa shape index (κ2) is 1.32. The average molecular weight is 130 g/mol. The Balaban J connectivity index is 2.18. The third-order valence-electron chi connectivity index (χ3n) is 2.18. The van der Waals surface area contributed by atoms with Gasteiger partial charge in [-0.2, -0.15) is 0 Å². The molecule has 0 aromatic heterocycles. The lowest BCUT2D eigenvalue weighted by Gasteiger charge is -2.11. The van der Waals surface area contributed by atoms with Crippen LogP contribution in [0.2, 0.25) is 0 Å². The van der Waals surface area contributed by atoms with E-state index in [4.69, 9.17) is 4.74 Å². The van der Waals surface area contributed by atoms with E-state index in [1.165, 1.54) is 0 Å². The van der Waals surface area contributed by atoms with Crippen molar-refractivity contribution in [1.82, 2.24) is 0 Å². The largest absolute Gasteiger partial charge is 0.384 e. The summed E-state index contributed by atoms with van der Waals surface area (Å²) in [5.41, 5.74) is -1.10. The third kappa shape index (κ3) is 0.527. The Morgan fingerprint density at radius 3 is 2.67 bits per heavy atom. The number of rotatable bonds is 0. The van der Waals surface area contributed by atoms with Crippen molar-refractivity contribution in [3.8, 4) is 0 Å². The van der Waals surface area contributed by atoms with Gasteiger partial charge in [0.15, 0.2) is 0 Å². The molecule has 4 heteroatoms. The Bertz CT molecular complexity index is 154. The number of fused-ring (bicyclic) bond motifs is 1. The van der Waals surface area contributed by atoms with Gasteiger partial charge < -0.3 is 9.84 Å². The van der Waals surface area contributed by atoms with Crippen LogP contribution in [0, 0.1) is 0 Å². The van der Waals surface area contributed by atoms with Gasteiger partial charge in [0.25, 0.3) is 0 Å². The highest BCUT2D eigenvalue weighted by Gasteiger charge is 2.67. The zero-order valence-electron chi connectivity index (χ0n) is 5.17. The maximum atomic E-state index is 12.8. The Morgan fingerprint density at radius 1 is 1.78 bits per heavy atom. The topological polar surface area (TPSA) is 29.5 Å². The summed E-state index contributed by atoms with van der Waals surface area (Å²) in [6.07, 6.45) is -0.886. The Hall–Kier alpha value is -0.0851. The van der Waals surface area contributed by atoms with Crippen LogP contribution in [0.25, 0.3) is 0 Å². The first-order valence-corrected chi connectivity index (χ1v) is 3.16. The van der Waals surface area contributed by atoms with Crippen LogP contribution in [0.3, 0.4) is 0 Å². The normalized spacial score (nSPS) is 63.6. The van der Waals surface area contributed by atoms with E-state index >= 15 is 0 Å². The van der Waals surface area contributed by atoms with Crippen LogP contribution in [-0.2, 0) is 4.74 Å². The molecule has 2 rings (SSSR count). The van der Waals surface area contributed by atoms with Crippen LogP contribution >= 0.6 is 0 Å². The van der Waals surface area contributed by atoms with Gasteiger partial charge in [-0.3, -0.25) is 0 Å². The van der Waals surface area contributed by atoms with Crippen LogP contribution < -0.4 is 0 Å². The highest BCUT2D eigenvalue weighted by molar-refractivity contribution is 6.11. The number of aliphatic hydroxyl groups is 1. The summed E-state index contributed by atoms with van der Waals surface area (Å²) in [4.78, 5) is 0. The SMILES string of the molecule is B[C@@H]1O[C@@H]2C[C@]2(O)[C@H]1F. The number of alkyl halides is 1. The second-order valence-corrected chi connectivity index (χ2v) is 2.93. The fraction of sp³-hybridized carbons (Fsp3) is 1.00. The molecule has 2 fully saturated rings. The molecule has 1 aliphatic carbocycles. The molecule has 2 nitrogen and oxygen atoms in total. The van der Waals surface area contributed by atoms with E-state index in [2.05, 4.69) is 0 Å². The molecule has 1 saturated heterocycles. The van der Waals surface area contributed by atoms with Crippen molar-refractivity contribution >= 4 is 7.85 Å². The monoisotopic (exact) mass is 130 g/mol. The maximum absolute atomic E-state index is 12.8. The summed E-state index contributed by atoms with van der Waals surface area (Å²) < 4.78 is 17.8. The molecule has 0 spiro atoms. The van der Waals surface area contributed by atoms with Crippen LogP contribution in [-0.4, -0.2) is 36.8 Å². The molecule has 0 amide bonds. The minimum absolute atomic E-state index is 0.206. The van der Waals surface area contributed by atoms with Gasteiger partial charge in [-0.05, 0) is 0 Å². The second-order valence-electron chi connectivity index (χ2n) is 2.93. The van der Waals surface area contributed by atoms with Crippen molar-refractivity contribution in [2.45, 2.75) is 30.3 Å². The molecule has 0 radical (unpaired) electrons. The van der Waals surface area contributed by atoms with E-state index < -0.39 is 17.8 Å². The number of halogens is 1. The Kier molecular flexibility index (Phi) is 0.835. The Morgan fingerprint density at radius 2 is 2.44 bits per heavy atom. The van der Waals surface area contributed by atoms with Gasteiger partial charge in [0, 0.05) is 6.42 Å². The highest BCUT2D eigenvalue weighted by atomic mass is 19.1. The summed E-state index contributed by atoms with van der Waals surface area (Å²) >= 11 is 0. The van der Waals surface area contributed by atoms with Crippen LogP contribution in [0.15, 0.2) is 0 Å². The lowest BCUT2D eigenvalue weighted by molar-refractivity contribution is 0.0621. The maximum Gasteiger partial charge on any atom is 0.149 e. The van der Waals surface area contributed by atoms with Gasteiger partial charge in [0.05, 0.1) is 12.1 Å². The molecule has 0 unspecified atom stereocenters. The van der Waals surface area contributed by atoms with Gasteiger partial charge in [-0.15, -0.1) is 0 Å². The van der Waals surface area contributed by atoms with E-state index in [-0.39, 0.29) is 6.10 Å². The van der Waals surface area contributed by atoms with Gasteiger partial charge in [-0.1, -0.05) is 0 Å². The molecule has 0 bridgehead atoms. The number of hydrogen-bond donors (Lipinski definition) is 1. The van der Waals surface area contributed by atoms with Crippen molar-refractivity contribution < 1.29 is 14.2 Å². The first-order chi connectivity index (χ1) is 4.14. The number of hydrogen-bond acceptors (Lipinski definition) is 2. The zero-order valence-corrected chi connectivity index (χ0v) is 5.17. The standard InChI is InChI=1S/C5H8BFO2/c6-4-3(7)5(8)1-2(5)9-4/h2-4,8H,1,6H2/t2-,3+,4-,5-/m1/s1. The minimum atomic E-state index is -1.16. The molecule has 1 N–H and O–H groups in total. The summed E-state index contributed by atoms with van der Waals surface area (Å²) in [5.74, 6) is 0. The average Bonchev–Trinajstić information content (AvgIpc) is 2.36. The predicted octanol–water partition coefficient (Wildman–Crippen LogP) is -1.18. The molecule has 1 saturated carbocycles. The van der Waals surface area contributed by atoms with Crippen molar-refractivity contribution in [2.75, 3.05) is 0 Å². The lowest BCUT2D eigenvalue weighted by atomic mass is 9.93. The molecule has 4 atom stereocenters. The summed E-state index contributed by atoms with van der Waals surface area (Å²) in [7, 11) is 1.65. The third-order valence-corrected chi connectivity index (χ3v) is 2.18. The van der Waals surface area contributed by atoms with E-state index in [0.29, 0.717) is 6.42 Å². The lowest BCUT2D eigenvalue weighted by Crippen LogP contribution is -2.30. The summed E-state index contributed by atoms with van der Waals surface area (Å²) in [6.45, 7) is 0. The van der Waals surface area contributed by atoms with Crippen molar-refractivity contribution in [1.29, 1.82) is 0 Å². The van der Waals surface area contributed by atoms with E-state index in [0.717, 1.165) is 0 Å². The fourth-order valence-electron chi connectivity index (χ4n) is 1.43. The van der Waals surface area contributed by atoms with Crippen molar-refractivity contribution in [3.05, 3.63) is 0 Å². The quantitative estimate of drug-likeness (QED) is 0.418. The molecular weight excluding hydrogens is 122 g/mol. The molecule has 2 aliphatic rings. The first-order valence-electron chi connectivity index (χ1n) is 3.16. The molecular formula is C5H8BFO2. The van der Waals surface area contributed by atoms with E-state index in [1.807, 2.05) is 0 Å². The molecule has 50 valence electrons. The van der Waals surface area contributed by atoms with Gasteiger partial charge >= 0.3 is 0 Å². The van der Waals surface area contributed by atoms with Gasteiger partial charge in [0.1, 0.15) is 19.6 Å². The first kappa shape index (κ1) is 5.68. The predicted molar refractivity (Wildman–Crippen MR) is 31.7 cm³/mol. The fourth-order valence-corrected chi connectivity index (χ4v) is 1.43. The molecule has 1 heterocycles. The highest BCUT2D eigenvalue weighted by Crippen LogP contribution is 2.50. The summed E-state index contributed by atoms with van der Waals surface area (Å²) in [6, 6.07) is -0.409. The minimum Gasteiger partial charge on any atom is -0.384 e. The Labute approximate surface area is 53.4 Å². The van der Waals surface area contributed by atoms with Gasteiger partial charge in [0.2, 0.25) is 0 Å². The van der Waals surface area contributed by atoms with Crippen molar-refractivity contribution in [2.24, 2.45) is 0 Å². The number of ether oxygens (including phenoxy) is 1. The van der Waals surface area contributed by atoms with Crippen molar-refractivity contribution in [3.63, 3.8) is 0 Å². The van der Waals surface area contributed by atoms with Crippen LogP contribution in [0.5, 0.6) is 0 Å². The van der Waals surface area contributed by atoms with Crippen LogP contribution in [0.4, 0.5) is 4.39 Å². The van der Waals surface area contributed by atoms with Crippen LogP contribution in [0.1, 0.15) is 6.42 Å².